The molecular weight excluding hydrogens is 262 g/mol. The fraction of sp³-hybridized carbons (Fsp3) is 0.438. The molecule has 20 heavy (non-hydrogen) atoms. The van der Waals surface area contributed by atoms with Crippen molar-refractivity contribution in [2.75, 3.05) is 6.61 Å². The molecule has 0 spiro atoms. The van der Waals surface area contributed by atoms with Crippen molar-refractivity contribution in [2.24, 2.45) is 11.8 Å². The summed E-state index contributed by atoms with van der Waals surface area (Å²) in [6.07, 6.45) is 4.03. The Morgan fingerprint density at radius 1 is 1.40 bits per heavy atom. The first kappa shape index (κ1) is 14.7. The number of allylic oxidation sites excluding steroid dienone is 1. The maximum absolute atomic E-state index is 13.4. The second kappa shape index (κ2) is 6.64. The molecule has 0 aromatic heterocycles. The highest BCUT2D eigenvalue weighted by Crippen LogP contribution is 2.43. The molecule has 1 aliphatic rings. The molecule has 0 aliphatic heterocycles. The van der Waals surface area contributed by atoms with Crippen LogP contribution in [0.15, 0.2) is 36.2 Å². The van der Waals surface area contributed by atoms with Crippen LogP contribution in [0.2, 0.25) is 0 Å². The van der Waals surface area contributed by atoms with E-state index in [0.717, 1.165) is 24.8 Å². The van der Waals surface area contributed by atoms with Crippen molar-refractivity contribution < 1.29 is 18.3 Å². The van der Waals surface area contributed by atoms with Crippen LogP contribution in [0.4, 0.5) is 8.78 Å². The number of carbonyl (C=O) groups is 1. The molecule has 1 fully saturated rings. The largest absolute Gasteiger partial charge is 0.461 e. The number of benzene rings is 1. The van der Waals surface area contributed by atoms with Crippen LogP contribution in [-0.4, -0.2) is 12.6 Å². The normalized spacial score (nSPS) is 21.6. The molecule has 0 heterocycles. The van der Waals surface area contributed by atoms with Crippen molar-refractivity contribution in [3.05, 3.63) is 47.5 Å². The first-order valence-electron chi connectivity index (χ1n) is 6.89. The maximum Gasteiger partial charge on any atom is 0.366 e. The summed E-state index contributed by atoms with van der Waals surface area (Å²) in [5.74, 6) is -1.38. The predicted molar refractivity (Wildman–Crippen MR) is 72.1 cm³/mol. The van der Waals surface area contributed by atoms with Gasteiger partial charge in [0.25, 0.3) is 0 Å². The molecule has 0 amide bonds. The lowest BCUT2D eigenvalue weighted by Crippen LogP contribution is -2.04. The molecule has 1 aliphatic carbocycles. The molecule has 1 aromatic carbocycles. The number of hydrogen-bond acceptors (Lipinski definition) is 2. The Kier molecular flexibility index (Phi) is 4.88. The van der Waals surface area contributed by atoms with Crippen LogP contribution in [0.3, 0.4) is 0 Å². The summed E-state index contributed by atoms with van der Waals surface area (Å²) in [5.41, 5.74) is 1.08. The lowest BCUT2D eigenvalue weighted by atomic mass is 10.1. The summed E-state index contributed by atoms with van der Waals surface area (Å²) in [6.45, 7) is 1.83. The number of hydrogen-bond donors (Lipinski definition) is 0. The molecule has 2 nitrogen and oxygen atoms in total. The molecule has 0 saturated heterocycles. The molecule has 2 rings (SSSR count). The van der Waals surface area contributed by atoms with Crippen molar-refractivity contribution in [1.29, 1.82) is 0 Å². The van der Waals surface area contributed by atoms with Gasteiger partial charge in [-0.15, -0.1) is 0 Å². The summed E-state index contributed by atoms with van der Waals surface area (Å²) in [6, 6.07) is 6.42. The van der Waals surface area contributed by atoms with E-state index in [4.69, 9.17) is 0 Å². The van der Waals surface area contributed by atoms with Crippen molar-refractivity contribution in [3.63, 3.8) is 0 Å². The molecule has 108 valence electrons. The summed E-state index contributed by atoms with van der Waals surface area (Å²) in [5, 5.41) is 0. The lowest BCUT2D eigenvalue weighted by Gasteiger charge is -2.01. The smallest absolute Gasteiger partial charge is 0.366 e. The molecule has 0 bridgehead atoms. The molecule has 2 unspecified atom stereocenters. The Balaban J connectivity index is 1.76. The minimum absolute atomic E-state index is 0.125. The van der Waals surface area contributed by atoms with E-state index in [9.17, 15) is 13.6 Å². The highest BCUT2D eigenvalue weighted by Gasteiger charge is 2.35. The zero-order chi connectivity index (χ0) is 14.5. The molecule has 1 saturated carbocycles. The zero-order valence-electron chi connectivity index (χ0n) is 11.4. The Hall–Kier alpha value is -1.71. The molecule has 2 atom stereocenters. The maximum atomic E-state index is 13.4. The molecule has 1 aromatic rings. The standard InChI is InChI=1S/C16H18F2O2/c1-2-20-16(19)15(18)10-13-9-12(13)6-3-11-4-7-14(17)8-5-11/h4-5,7-8,10,12-13H,2-3,6,9H2,1H3/b15-10-. The van der Waals surface area contributed by atoms with E-state index in [-0.39, 0.29) is 18.3 Å². The van der Waals surface area contributed by atoms with Gasteiger partial charge in [0.05, 0.1) is 6.61 Å². The highest BCUT2D eigenvalue weighted by molar-refractivity contribution is 5.86. The van der Waals surface area contributed by atoms with Gasteiger partial charge < -0.3 is 4.74 Å². The predicted octanol–water partition coefficient (Wildman–Crippen LogP) is 3.81. The van der Waals surface area contributed by atoms with Crippen LogP contribution >= 0.6 is 0 Å². The van der Waals surface area contributed by atoms with Crippen LogP contribution in [0, 0.1) is 17.7 Å². The molecular formula is C16H18F2O2. The Labute approximate surface area is 117 Å². The first-order chi connectivity index (χ1) is 9.60. The van der Waals surface area contributed by atoms with Gasteiger partial charge in [-0.1, -0.05) is 12.1 Å². The Bertz CT molecular complexity index is 494. The van der Waals surface area contributed by atoms with Gasteiger partial charge in [0.1, 0.15) is 5.82 Å². The molecule has 0 radical (unpaired) electrons. The van der Waals surface area contributed by atoms with Crippen LogP contribution in [-0.2, 0) is 16.0 Å². The van der Waals surface area contributed by atoms with E-state index < -0.39 is 11.8 Å². The quantitative estimate of drug-likeness (QED) is 0.585. The third kappa shape index (κ3) is 4.15. The number of aryl methyl sites for hydroxylation is 1. The Morgan fingerprint density at radius 2 is 2.10 bits per heavy atom. The summed E-state index contributed by atoms with van der Waals surface area (Å²) >= 11 is 0. The number of carbonyl (C=O) groups excluding carboxylic acids is 1. The van der Waals surface area contributed by atoms with Crippen molar-refractivity contribution in [2.45, 2.75) is 26.2 Å². The van der Waals surface area contributed by atoms with Crippen molar-refractivity contribution in [3.8, 4) is 0 Å². The summed E-state index contributed by atoms with van der Waals surface area (Å²) in [4.78, 5) is 11.1. The van der Waals surface area contributed by atoms with Crippen LogP contribution in [0.5, 0.6) is 0 Å². The van der Waals surface area contributed by atoms with Crippen molar-refractivity contribution >= 4 is 5.97 Å². The van der Waals surface area contributed by atoms with Crippen LogP contribution in [0.25, 0.3) is 0 Å². The average molecular weight is 280 g/mol. The third-order valence-electron chi connectivity index (χ3n) is 3.53. The second-order valence-electron chi connectivity index (χ2n) is 5.06. The number of halogens is 2. The minimum Gasteiger partial charge on any atom is -0.461 e. The van der Waals surface area contributed by atoms with Gasteiger partial charge in [-0.25, -0.2) is 9.18 Å². The van der Waals surface area contributed by atoms with Gasteiger partial charge in [0.2, 0.25) is 5.83 Å². The van der Waals surface area contributed by atoms with Crippen LogP contribution in [0.1, 0.15) is 25.3 Å². The average Bonchev–Trinajstić information content (AvgIpc) is 3.16. The number of rotatable bonds is 6. The SMILES string of the molecule is CCOC(=O)/C(F)=C/C1CC1CCc1ccc(F)cc1. The number of esters is 1. The van der Waals surface area contributed by atoms with E-state index in [0.29, 0.717) is 5.92 Å². The van der Waals surface area contributed by atoms with Crippen LogP contribution < -0.4 is 0 Å². The van der Waals surface area contributed by atoms with E-state index in [1.54, 1.807) is 19.1 Å². The Morgan fingerprint density at radius 3 is 2.75 bits per heavy atom. The third-order valence-corrected chi connectivity index (χ3v) is 3.53. The van der Waals surface area contributed by atoms with Gasteiger partial charge in [0.15, 0.2) is 0 Å². The van der Waals surface area contributed by atoms with E-state index in [1.807, 2.05) is 0 Å². The lowest BCUT2D eigenvalue weighted by molar-refractivity contribution is -0.140. The van der Waals surface area contributed by atoms with E-state index in [1.165, 1.54) is 18.2 Å². The van der Waals surface area contributed by atoms with E-state index in [2.05, 4.69) is 4.74 Å². The zero-order valence-corrected chi connectivity index (χ0v) is 11.4. The fourth-order valence-electron chi connectivity index (χ4n) is 2.27. The highest BCUT2D eigenvalue weighted by atomic mass is 19.1. The fourth-order valence-corrected chi connectivity index (χ4v) is 2.27. The second-order valence-corrected chi connectivity index (χ2v) is 5.06. The van der Waals surface area contributed by atoms with Gasteiger partial charge >= 0.3 is 5.97 Å². The first-order valence-corrected chi connectivity index (χ1v) is 6.89. The summed E-state index contributed by atoms with van der Waals surface area (Å²) < 4.78 is 30.7. The monoisotopic (exact) mass is 280 g/mol. The van der Waals surface area contributed by atoms with Gasteiger partial charge in [-0.05, 0) is 61.8 Å². The van der Waals surface area contributed by atoms with Gasteiger partial charge in [-0.3, -0.25) is 0 Å². The number of ether oxygens (including phenoxy) is 1. The molecule has 4 heteroatoms. The molecule has 0 N–H and O–H groups in total. The van der Waals surface area contributed by atoms with E-state index >= 15 is 0 Å². The summed E-state index contributed by atoms with van der Waals surface area (Å²) in [7, 11) is 0. The van der Waals surface area contributed by atoms with Gasteiger partial charge in [0, 0.05) is 0 Å². The minimum atomic E-state index is -0.878. The van der Waals surface area contributed by atoms with Crippen molar-refractivity contribution in [1.82, 2.24) is 0 Å². The topological polar surface area (TPSA) is 26.3 Å². The van der Waals surface area contributed by atoms with Gasteiger partial charge in [-0.2, -0.15) is 4.39 Å².